The molecule has 0 radical (unpaired) electrons. The van der Waals surface area contributed by atoms with Crippen molar-refractivity contribution in [3.8, 4) is 12.3 Å². The average Bonchev–Trinajstić information content (AvgIpc) is 3.33. The lowest BCUT2D eigenvalue weighted by molar-refractivity contribution is -0.129. The molecule has 2 nitrogen and oxygen atoms in total. The molecule has 0 aliphatic heterocycles. The van der Waals surface area contributed by atoms with E-state index in [0.717, 1.165) is 30.1 Å². The van der Waals surface area contributed by atoms with Gasteiger partial charge >= 0.3 is 0 Å². The van der Waals surface area contributed by atoms with Gasteiger partial charge in [-0.1, -0.05) is 101 Å². The number of benzene rings is 2. The van der Waals surface area contributed by atoms with Gasteiger partial charge in [0.15, 0.2) is 0 Å². The standard InChI is InChI=1S/C38H52O2Si/c1-7-35(39)34-21-20-32-31-19-18-27-26-28(22-24-37(27,5)33(31)23-25-38(32,34)6)40-41(36(2,3)4,29-14-10-8-11-15-29)30-16-12-9-13-17-30/h1,8-17,27-28,31-35,39H,18-26H2,2-6H3/t27-,28+,31-,32-,33-,34+,35+,37-,38-/m0/s1. The molecule has 0 unspecified atom stereocenters. The summed E-state index contributed by atoms with van der Waals surface area (Å²) in [7, 11) is -2.54. The van der Waals surface area contributed by atoms with Gasteiger partial charge in [-0.15, -0.1) is 6.42 Å². The molecule has 2 aromatic rings. The number of rotatable bonds is 5. The first-order valence-corrected chi connectivity index (χ1v) is 18.4. The maximum absolute atomic E-state index is 10.7. The Morgan fingerprint density at radius 3 is 2.00 bits per heavy atom. The SMILES string of the molecule is C#C[C@@H](O)[C@H]1CC[C@H]2[C@@H]3CC[C@H]4C[C@H](O[Si](c5ccccc5)(c5ccccc5)C(C)(C)C)CC[C@]4(C)[C@H]3CC[C@]12C. The summed E-state index contributed by atoms with van der Waals surface area (Å²) < 4.78 is 7.68. The Balaban J connectivity index is 1.26. The first-order chi connectivity index (χ1) is 19.5. The third-order valence-corrected chi connectivity index (χ3v) is 18.1. The Bertz CT molecular complexity index is 1210. The van der Waals surface area contributed by atoms with Crippen molar-refractivity contribution < 1.29 is 9.53 Å². The molecule has 4 saturated carbocycles. The van der Waals surface area contributed by atoms with Gasteiger partial charge in [-0.05, 0) is 108 Å². The zero-order valence-electron chi connectivity index (χ0n) is 26.1. The second-order valence-electron chi connectivity index (χ2n) is 15.7. The molecule has 220 valence electrons. The van der Waals surface area contributed by atoms with Crippen LogP contribution in [-0.2, 0) is 4.43 Å². The lowest BCUT2D eigenvalue weighted by Crippen LogP contribution is -2.68. The molecule has 9 atom stereocenters. The number of aliphatic hydroxyl groups is 1. The molecule has 0 bridgehead atoms. The predicted octanol–water partition coefficient (Wildman–Crippen LogP) is 7.58. The van der Waals surface area contributed by atoms with Crippen molar-refractivity contribution in [1.29, 1.82) is 0 Å². The lowest BCUT2D eigenvalue weighted by Gasteiger charge is -2.61. The van der Waals surface area contributed by atoms with Crippen LogP contribution in [0.1, 0.15) is 92.4 Å². The molecule has 2 aromatic carbocycles. The van der Waals surface area contributed by atoms with Gasteiger partial charge in [-0.25, -0.2) is 0 Å². The van der Waals surface area contributed by atoms with Crippen LogP contribution in [0.15, 0.2) is 60.7 Å². The van der Waals surface area contributed by atoms with E-state index in [4.69, 9.17) is 10.8 Å². The van der Waals surface area contributed by atoms with Crippen molar-refractivity contribution >= 4 is 18.7 Å². The molecule has 4 aliphatic carbocycles. The summed E-state index contributed by atoms with van der Waals surface area (Å²) in [6.45, 7) is 12.3. The minimum absolute atomic E-state index is 0.0178. The van der Waals surface area contributed by atoms with Crippen LogP contribution < -0.4 is 10.4 Å². The predicted molar refractivity (Wildman–Crippen MR) is 173 cm³/mol. The van der Waals surface area contributed by atoms with Gasteiger partial charge in [0.2, 0.25) is 0 Å². The van der Waals surface area contributed by atoms with E-state index in [1.165, 1.54) is 61.7 Å². The van der Waals surface area contributed by atoms with E-state index in [1.54, 1.807) is 0 Å². The monoisotopic (exact) mass is 568 g/mol. The summed E-state index contributed by atoms with van der Waals surface area (Å²) in [5.41, 5.74) is 0.609. The van der Waals surface area contributed by atoms with Crippen LogP contribution in [0.3, 0.4) is 0 Å². The Morgan fingerprint density at radius 1 is 0.829 bits per heavy atom. The van der Waals surface area contributed by atoms with Crippen molar-refractivity contribution in [3.05, 3.63) is 60.7 Å². The number of terminal acetylenes is 1. The van der Waals surface area contributed by atoms with Crippen LogP contribution in [0.5, 0.6) is 0 Å². The largest absolute Gasteiger partial charge is 0.404 e. The van der Waals surface area contributed by atoms with Gasteiger partial charge in [-0.2, -0.15) is 0 Å². The second kappa shape index (κ2) is 10.7. The highest BCUT2D eigenvalue weighted by atomic mass is 28.4. The van der Waals surface area contributed by atoms with Crippen molar-refractivity contribution in [2.24, 2.45) is 40.4 Å². The fourth-order valence-corrected chi connectivity index (χ4v) is 15.7. The molecule has 0 heterocycles. The summed E-state index contributed by atoms with van der Waals surface area (Å²) in [6, 6.07) is 22.4. The number of hydrogen-bond donors (Lipinski definition) is 1. The maximum Gasteiger partial charge on any atom is 0.261 e. The van der Waals surface area contributed by atoms with Crippen molar-refractivity contribution in [2.75, 3.05) is 0 Å². The van der Waals surface area contributed by atoms with Crippen LogP contribution in [0.2, 0.25) is 5.04 Å². The minimum Gasteiger partial charge on any atom is -0.404 e. The smallest absolute Gasteiger partial charge is 0.261 e. The average molecular weight is 569 g/mol. The zero-order valence-corrected chi connectivity index (χ0v) is 27.1. The summed E-state index contributed by atoms with van der Waals surface area (Å²) in [5, 5.41) is 13.5. The van der Waals surface area contributed by atoms with Gasteiger partial charge in [-0.3, -0.25) is 0 Å². The van der Waals surface area contributed by atoms with E-state index in [-0.39, 0.29) is 16.4 Å². The highest BCUT2D eigenvalue weighted by Gasteiger charge is 2.61. The number of fused-ring (bicyclic) bond motifs is 5. The Hall–Kier alpha value is -1.86. The molecule has 41 heavy (non-hydrogen) atoms. The van der Waals surface area contributed by atoms with E-state index < -0.39 is 14.4 Å². The Labute approximate surface area is 250 Å². The van der Waals surface area contributed by atoms with Gasteiger partial charge in [0, 0.05) is 12.0 Å². The van der Waals surface area contributed by atoms with Crippen LogP contribution in [0.4, 0.5) is 0 Å². The van der Waals surface area contributed by atoms with Crippen molar-refractivity contribution in [3.63, 3.8) is 0 Å². The summed E-state index contributed by atoms with van der Waals surface area (Å²) >= 11 is 0. The zero-order chi connectivity index (χ0) is 29.0. The molecule has 6 rings (SSSR count). The minimum atomic E-state index is -2.54. The van der Waals surface area contributed by atoms with Crippen LogP contribution in [-0.4, -0.2) is 25.6 Å². The maximum atomic E-state index is 10.7. The van der Waals surface area contributed by atoms with E-state index in [1.807, 2.05) is 0 Å². The van der Waals surface area contributed by atoms with E-state index in [2.05, 4.69) is 101 Å². The first-order valence-electron chi connectivity index (χ1n) is 16.5. The van der Waals surface area contributed by atoms with Gasteiger partial charge in [0.25, 0.3) is 8.32 Å². The topological polar surface area (TPSA) is 29.5 Å². The summed E-state index contributed by atoms with van der Waals surface area (Å²) in [6.07, 6.45) is 16.7. The fraction of sp³-hybridized carbons (Fsp3) is 0.632. The summed E-state index contributed by atoms with van der Waals surface area (Å²) in [4.78, 5) is 0. The second-order valence-corrected chi connectivity index (χ2v) is 19.9. The van der Waals surface area contributed by atoms with Gasteiger partial charge in [0.05, 0.1) is 0 Å². The van der Waals surface area contributed by atoms with Crippen molar-refractivity contribution in [1.82, 2.24) is 0 Å². The molecule has 3 heteroatoms. The lowest BCUT2D eigenvalue weighted by atomic mass is 9.44. The summed E-state index contributed by atoms with van der Waals surface area (Å²) in [5.74, 6) is 6.02. The van der Waals surface area contributed by atoms with E-state index in [0.29, 0.717) is 11.5 Å². The molecular weight excluding hydrogens is 517 g/mol. The molecular formula is C38H52O2Si. The third-order valence-electron chi connectivity index (χ3n) is 13.0. The molecule has 0 aromatic heterocycles. The van der Waals surface area contributed by atoms with Crippen LogP contribution in [0.25, 0.3) is 0 Å². The fourth-order valence-electron chi connectivity index (χ4n) is 10.9. The molecule has 0 amide bonds. The normalized spacial score (nSPS) is 37.8. The van der Waals surface area contributed by atoms with E-state index in [9.17, 15) is 5.11 Å². The third kappa shape index (κ3) is 4.59. The Kier molecular flexibility index (Phi) is 7.62. The quantitative estimate of drug-likeness (QED) is 0.298. The Morgan fingerprint density at radius 2 is 1.41 bits per heavy atom. The van der Waals surface area contributed by atoms with Crippen molar-refractivity contribution in [2.45, 2.75) is 110 Å². The number of aliphatic hydroxyl groups excluding tert-OH is 1. The van der Waals surface area contributed by atoms with Gasteiger partial charge in [0.1, 0.15) is 6.10 Å². The molecule has 1 N–H and O–H groups in total. The highest BCUT2D eigenvalue weighted by Crippen LogP contribution is 2.68. The first kappa shape index (κ1) is 29.2. The molecule has 0 saturated heterocycles. The van der Waals surface area contributed by atoms with Crippen LogP contribution in [0, 0.1) is 52.8 Å². The molecule has 4 fully saturated rings. The highest BCUT2D eigenvalue weighted by molar-refractivity contribution is 6.99. The van der Waals surface area contributed by atoms with Gasteiger partial charge < -0.3 is 9.53 Å². The van der Waals surface area contributed by atoms with Crippen LogP contribution >= 0.6 is 0 Å². The van der Waals surface area contributed by atoms with E-state index >= 15 is 0 Å². The molecule has 4 aliphatic rings. The number of hydrogen-bond acceptors (Lipinski definition) is 2. The molecule has 0 spiro atoms.